The first kappa shape index (κ1) is 21.3. The van der Waals surface area contributed by atoms with Gasteiger partial charge < -0.3 is 0 Å². The van der Waals surface area contributed by atoms with Gasteiger partial charge in [0.1, 0.15) is 10.0 Å². The number of sulfonamides is 1. The van der Waals surface area contributed by atoms with Crippen molar-refractivity contribution in [1.82, 2.24) is 19.2 Å². The van der Waals surface area contributed by atoms with Crippen LogP contribution in [0.2, 0.25) is 5.15 Å². The number of benzene rings is 2. The molecule has 0 bridgehead atoms. The molecule has 0 N–H and O–H groups in total. The predicted octanol–water partition coefficient (Wildman–Crippen LogP) is 4.25. The minimum atomic E-state index is -3.63. The Bertz CT molecular complexity index is 1420. The summed E-state index contributed by atoms with van der Waals surface area (Å²) >= 11 is 6.42. The first-order valence-electron chi connectivity index (χ1n) is 10.5. The van der Waals surface area contributed by atoms with E-state index in [4.69, 9.17) is 11.6 Å². The van der Waals surface area contributed by atoms with Gasteiger partial charge in [-0.25, -0.2) is 13.4 Å². The Kier molecular flexibility index (Phi) is 5.59. The second-order valence-corrected chi connectivity index (χ2v) is 10.4. The van der Waals surface area contributed by atoms with E-state index >= 15 is 0 Å². The summed E-state index contributed by atoms with van der Waals surface area (Å²) < 4.78 is 28.3. The lowest BCUT2D eigenvalue weighted by atomic mass is 10.1. The molecule has 1 fully saturated rings. The quantitative estimate of drug-likeness (QED) is 0.420. The second kappa shape index (κ2) is 8.41. The highest BCUT2D eigenvalue weighted by molar-refractivity contribution is 7.89. The highest BCUT2D eigenvalue weighted by Gasteiger charge is 2.30. The van der Waals surface area contributed by atoms with Crippen molar-refractivity contribution in [1.29, 1.82) is 0 Å². The van der Waals surface area contributed by atoms with Gasteiger partial charge in [0.05, 0.1) is 11.0 Å². The van der Waals surface area contributed by atoms with Gasteiger partial charge in [0.2, 0.25) is 10.0 Å². The molecule has 2 aromatic heterocycles. The van der Waals surface area contributed by atoms with Crippen molar-refractivity contribution in [2.45, 2.75) is 18.4 Å². The highest BCUT2D eigenvalue weighted by Crippen LogP contribution is 2.27. The van der Waals surface area contributed by atoms with Crippen LogP contribution in [0.3, 0.4) is 0 Å². The van der Waals surface area contributed by atoms with Crippen molar-refractivity contribution in [3.8, 4) is 0 Å². The Morgan fingerprint density at radius 2 is 1.72 bits per heavy atom. The minimum Gasteiger partial charge on any atom is -0.296 e. The van der Waals surface area contributed by atoms with Gasteiger partial charge in [0, 0.05) is 55.3 Å². The number of aryl methyl sites for hydroxylation is 1. The third kappa shape index (κ3) is 3.97. The van der Waals surface area contributed by atoms with Gasteiger partial charge in [-0.2, -0.15) is 4.31 Å². The lowest BCUT2D eigenvalue weighted by molar-refractivity contribution is 0.181. The maximum Gasteiger partial charge on any atom is 0.245 e. The smallest absolute Gasteiger partial charge is 0.245 e. The third-order valence-electron chi connectivity index (χ3n) is 5.90. The van der Waals surface area contributed by atoms with Gasteiger partial charge in [-0.15, -0.1) is 0 Å². The summed E-state index contributed by atoms with van der Waals surface area (Å²) in [5, 5.41) is 2.38. The van der Waals surface area contributed by atoms with Crippen molar-refractivity contribution in [3.63, 3.8) is 0 Å². The van der Waals surface area contributed by atoms with E-state index in [-0.39, 0.29) is 4.90 Å². The number of aromatic nitrogens is 2. The summed E-state index contributed by atoms with van der Waals surface area (Å²) in [5.41, 5.74) is 3.35. The molecule has 3 heterocycles. The van der Waals surface area contributed by atoms with Crippen molar-refractivity contribution in [2.75, 3.05) is 26.2 Å². The van der Waals surface area contributed by atoms with Crippen molar-refractivity contribution >= 4 is 43.4 Å². The van der Waals surface area contributed by atoms with E-state index in [1.807, 2.05) is 43.3 Å². The van der Waals surface area contributed by atoms with Crippen LogP contribution in [0.1, 0.15) is 11.1 Å². The molecule has 1 aliphatic rings. The van der Waals surface area contributed by atoms with Crippen molar-refractivity contribution in [3.05, 3.63) is 77.1 Å². The van der Waals surface area contributed by atoms with Gasteiger partial charge in [0.25, 0.3) is 0 Å². The van der Waals surface area contributed by atoms with Crippen LogP contribution < -0.4 is 0 Å². The van der Waals surface area contributed by atoms with E-state index in [1.54, 1.807) is 22.6 Å². The number of nitrogens with zero attached hydrogens (tertiary/aromatic N) is 4. The number of piperazine rings is 1. The zero-order chi connectivity index (χ0) is 22.3. The van der Waals surface area contributed by atoms with Crippen LogP contribution >= 0.6 is 11.6 Å². The van der Waals surface area contributed by atoms with Gasteiger partial charge in [-0.1, -0.05) is 41.9 Å². The molecule has 32 heavy (non-hydrogen) atoms. The summed E-state index contributed by atoms with van der Waals surface area (Å²) in [6, 6.07) is 17.2. The number of para-hydroxylation sites is 2. The van der Waals surface area contributed by atoms with E-state index < -0.39 is 10.0 Å². The fourth-order valence-electron chi connectivity index (χ4n) is 4.21. The van der Waals surface area contributed by atoms with E-state index in [0.29, 0.717) is 43.4 Å². The van der Waals surface area contributed by atoms with Crippen LogP contribution in [-0.2, 0) is 16.6 Å². The lowest BCUT2D eigenvalue weighted by Gasteiger charge is -2.34. The Morgan fingerprint density at radius 3 is 2.53 bits per heavy atom. The van der Waals surface area contributed by atoms with Crippen LogP contribution in [0.25, 0.3) is 21.8 Å². The average molecular weight is 467 g/mol. The summed E-state index contributed by atoms with van der Waals surface area (Å²) in [6.45, 7) is 4.68. The molecule has 0 amide bonds. The topological polar surface area (TPSA) is 66.4 Å². The van der Waals surface area contributed by atoms with Crippen LogP contribution in [-0.4, -0.2) is 53.8 Å². The maximum atomic E-state index is 13.4. The van der Waals surface area contributed by atoms with E-state index in [2.05, 4.69) is 20.9 Å². The molecule has 164 valence electrons. The molecule has 1 saturated heterocycles. The third-order valence-corrected chi connectivity index (χ3v) is 8.16. The Morgan fingerprint density at radius 1 is 0.969 bits per heavy atom. The molecular weight excluding hydrogens is 444 g/mol. The Labute approximate surface area is 192 Å². The van der Waals surface area contributed by atoms with Gasteiger partial charge in [-0.05, 0) is 36.8 Å². The fraction of sp³-hybridized carbons (Fsp3) is 0.250. The van der Waals surface area contributed by atoms with Crippen molar-refractivity contribution in [2.24, 2.45) is 0 Å². The van der Waals surface area contributed by atoms with Gasteiger partial charge in [-0.3, -0.25) is 9.88 Å². The molecular formula is C24H23ClN4O2S. The first-order valence-corrected chi connectivity index (χ1v) is 12.4. The van der Waals surface area contributed by atoms with Gasteiger partial charge in [0.15, 0.2) is 0 Å². The number of hydrogen-bond donors (Lipinski definition) is 0. The monoisotopic (exact) mass is 466 g/mol. The molecule has 0 saturated carbocycles. The van der Waals surface area contributed by atoms with Crippen LogP contribution in [0, 0.1) is 6.92 Å². The molecule has 0 spiro atoms. The normalized spacial score (nSPS) is 16.1. The molecule has 0 radical (unpaired) electrons. The van der Waals surface area contributed by atoms with Crippen molar-refractivity contribution < 1.29 is 8.42 Å². The largest absolute Gasteiger partial charge is 0.296 e. The maximum absolute atomic E-state index is 13.4. The second-order valence-electron chi connectivity index (χ2n) is 8.15. The lowest BCUT2D eigenvalue weighted by Crippen LogP contribution is -2.48. The molecule has 2 aromatic carbocycles. The molecule has 0 atom stereocenters. The van der Waals surface area contributed by atoms with Crippen LogP contribution in [0.15, 0.2) is 65.7 Å². The molecule has 8 heteroatoms. The van der Waals surface area contributed by atoms with Gasteiger partial charge >= 0.3 is 0 Å². The number of pyridine rings is 2. The summed E-state index contributed by atoms with van der Waals surface area (Å²) in [6.07, 6.45) is 1.71. The minimum absolute atomic E-state index is 0.269. The standard InChI is InChI=1S/C24H23ClN4O2S/c1-17-13-19-6-4-8-22(23(19)26-15-17)32(30,31)29-11-9-28(10-12-29)16-20-14-18-5-2-3-7-21(18)27-24(20)25/h2-8,13-15H,9-12,16H2,1H3. The molecule has 5 rings (SSSR count). The van der Waals surface area contributed by atoms with E-state index in [1.165, 1.54) is 0 Å². The Hall–Kier alpha value is -2.58. The Balaban J connectivity index is 1.33. The number of halogens is 1. The molecule has 4 aromatic rings. The van der Waals surface area contributed by atoms with E-state index in [0.717, 1.165) is 27.4 Å². The SMILES string of the molecule is Cc1cnc2c(S(=O)(=O)N3CCN(Cc4cc5ccccc5nc4Cl)CC3)cccc2c1. The van der Waals surface area contributed by atoms with Crippen LogP contribution in [0.4, 0.5) is 0 Å². The average Bonchev–Trinajstić information content (AvgIpc) is 2.79. The highest BCUT2D eigenvalue weighted by atomic mass is 35.5. The molecule has 0 unspecified atom stereocenters. The summed E-state index contributed by atoms with van der Waals surface area (Å²) in [7, 11) is -3.63. The molecule has 1 aliphatic heterocycles. The number of fused-ring (bicyclic) bond motifs is 2. The van der Waals surface area contributed by atoms with E-state index in [9.17, 15) is 8.42 Å². The summed E-state index contributed by atoms with van der Waals surface area (Å²) in [4.78, 5) is 11.4. The van der Waals surface area contributed by atoms with Crippen LogP contribution in [0.5, 0.6) is 0 Å². The zero-order valence-electron chi connectivity index (χ0n) is 17.7. The fourth-order valence-corrected chi connectivity index (χ4v) is 6.00. The number of hydrogen-bond acceptors (Lipinski definition) is 5. The zero-order valence-corrected chi connectivity index (χ0v) is 19.3. The molecule has 0 aliphatic carbocycles. The first-order chi connectivity index (χ1) is 15.4. The number of rotatable bonds is 4. The predicted molar refractivity (Wildman–Crippen MR) is 127 cm³/mol. The molecule has 6 nitrogen and oxygen atoms in total. The summed E-state index contributed by atoms with van der Waals surface area (Å²) in [5.74, 6) is 0.